The third kappa shape index (κ3) is 5.29. The van der Waals surface area contributed by atoms with Gasteiger partial charge in [0.2, 0.25) is 5.16 Å². The number of nitrogen functional groups attached to an aromatic ring is 1. The van der Waals surface area contributed by atoms with Gasteiger partial charge >= 0.3 is 0 Å². The van der Waals surface area contributed by atoms with E-state index in [9.17, 15) is 9.90 Å². The maximum absolute atomic E-state index is 13.3. The van der Waals surface area contributed by atoms with Crippen LogP contribution in [-0.4, -0.2) is 42.4 Å². The Morgan fingerprint density at radius 3 is 2.61 bits per heavy atom. The molecule has 1 aliphatic rings. The second-order valence-corrected chi connectivity index (χ2v) is 10.5. The van der Waals surface area contributed by atoms with Gasteiger partial charge in [0, 0.05) is 12.8 Å². The maximum atomic E-state index is 13.3. The summed E-state index contributed by atoms with van der Waals surface area (Å²) < 4.78 is 1.44. The van der Waals surface area contributed by atoms with Crippen molar-refractivity contribution >= 4 is 34.7 Å². The first kappa shape index (κ1) is 24.1. The third-order valence-electron chi connectivity index (χ3n) is 6.07. The van der Waals surface area contributed by atoms with Crippen molar-refractivity contribution in [3.63, 3.8) is 0 Å². The van der Waals surface area contributed by atoms with Crippen LogP contribution in [0, 0.1) is 6.92 Å². The van der Waals surface area contributed by atoms with Gasteiger partial charge < -0.3 is 10.9 Å². The second kappa shape index (κ2) is 10.5. The number of amides is 1. The maximum Gasteiger partial charge on any atom is 0.253 e. The Morgan fingerprint density at radius 1 is 1.11 bits per heavy atom. The molecule has 0 radical (unpaired) electrons. The van der Waals surface area contributed by atoms with Gasteiger partial charge in [-0.25, -0.2) is 9.69 Å². The smallest absolute Gasteiger partial charge is 0.253 e. The zero-order chi connectivity index (χ0) is 25.1. The SMILES string of the molecule is Cc1ccc(C2CC(c3cccs3)=NN2C(=O)CSc2nnc(CCc3ccc(O)cc3)n2N)cc1. The van der Waals surface area contributed by atoms with Gasteiger partial charge in [0.15, 0.2) is 5.82 Å². The lowest BCUT2D eigenvalue weighted by atomic mass is 10.00. The van der Waals surface area contributed by atoms with Crippen LogP contribution in [0.5, 0.6) is 5.75 Å². The summed E-state index contributed by atoms with van der Waals surface area (Å²) in [6, 6.07) is 19.2. The Labute approximate surface area is 217 Å². The van der Waals surface area contributed by atoms with Gasteiger partial charge in [-0.1, -0.05) is 59.8 Å². The summed E-state index contributed by atoms with van der Waals surface area (Å²) in [4.78, 5) is 14.4. The Kier molecular flexibility index (Phi) is 7.06. The van der Waals surface area contributed by atoms with E-state index in [1.54, 1.807) is 28.5 Å². The zero-order valence-electron chi connectivity index (χ0n) is 19.7. The summed E-state index contributed by atoms with van der Waals surface area (Å²) in [5.74, 6) is 7.14. The minimum atomic E-state index is -0.146. The van der Waals surface area contributed by atoms with Gasteiger partial charge in [-0.2, -0.15) is 5.10 Å². The monoisotopic (exact) mass is 518 g/mol. The standard InChI is InChI=1S/C26H26N6O2S2/c1-17-4-9-19(10-5-17)22-15-21(23-3-2-14-35-23)30-32(22)25(34)16-36-26-29-28-24(31(26)27)13-8-18-6-11-20(33)12-7-18/h2-7,9-12,14,22,33H,8,13,15-16,27H2,1H3. The van der Waals surface area contributed by atoms with E-state index in [1.165, 1.54) is 22.0 Å². The molecule has 0 aliphatic carbocycles. The number of nitrogens with two attached hydrogens (primary N) is 1. The van der Waals surface area contributed by atoms with Crippen molar-refractivity contribution in [2.24, 2.45) is 5.10 Å². The summed E-state index contributed by atoms with van der Waals surface area (Å²) >= 11 is 2.89. The molecule has 1 unspecified atom stereocenters. The highest BCUT2D eigenvalue weighted by molar-refractivity contribution is 7.99. The van der Waals surface area contributed by atoms with Crippen molar-refractivity contribution in [2.75, 3.05) is 11.6 Å². The molecule has 1 amide bonds. The summed E-state index contributed by atoms with van der Waals surface area (Å²) in [5, 5.41) is 26.7. The summed E-state index contributed by atoms with van der Waals surface area (Å²) in [6.07, 6.45) is 1.98. The van der Waals surface area contributed by atoms with Crippen LogP contribution in [0.25, 0.3) is 0 Å². The quantitative estimate of drug-likeness (QED) is 0.266. The van der Waals surface area contributed by atoms with Gasteiger partial charge in [0.25, 0.3) is 5.91 Å². The number of nitrogens with zero attached hydrogens (tertiary/aromatic N) is 5. The predicted octanol–water partition coefficient (Wildman–Crippen LogP) is 4.32. The molecule has 1 atom stereocenters. The molecule has 0 saturated carbocycles. The van der Waals surface area contributed by atoms with Crippen molar-refractivity contribution in [1.29, 1.82) is 0 Å². The van der Waals surface area contributed by atoms with Crippen LogP contribution in [0.2, 0.25) is 0 Å². The number of benzene rings is 2. The number of hydrogen-bond donors (Lipinski definition) is 2. The van der Waals surface area contributed by atoms with Gasteiger partial charge in [-0.05, 0) is 48.1 Å². The Hall–Kier alpha value is -3.63. The summed E-state index contributed by atoms with van der Waals surface area (Å²) in [6.45, 7) is 2.05. The van der Waals surface area contributed by atoms with Crippen LogP contribution in [0.1, 0.15) is 39.9 Å². The van der Waals surface area contributed by atoms with Gasteiger partial charge in [0.05, 0.1) is 22.4 Å². The lowest BCUT2D eigenvalue weighted by Gasteiger charge is -2.22. The van der Waals surface area contributed by atoms with Gasteiger partial charge in [-0.3, -0.25) is 4.79 Å². The van der Waals surface area contributed by atoms with E-state index in [0.29, 0.717) is 30.2 Å². The summed E-state index contributed by atoms with van der Waals surface area (Å²) in [5.41, 5.74) is 4.23. The number of rotatable bonds is 8. The number of hydrogen-bond acceptors (Lipinski definition) is 8. The third-order valence-corrected chi connectivity index (χ3v) is 7.91. The van der Waals surface area contributed by atoms with E-state index < -0.39 is 0 Å². The fourth-order valence-corrected chi connectivity index (χ4v) is 5.52. The number of phenols is 1. The molecule has 5 rings (SSSR count). The molecule has 10 heteroatoms. The van der Waals surface area contributed by atoms with Crippen LogP contribution in [-0.2, 0) is 17.6 Å². The zero-order valence-corrected chi connectivity index (χ0v) is 21.4. The Balaban J connectivity index is 1.26. The van der Waals surface area contributed by atoms with Crippen LogP contribution in [0.15, 0.2) is 76.3 Å². The molecule has 36 heavy (non-hydrogen) atoms. The number of aryl methyl sites for hydroxylation is 3. The van der Waals surface area contributed by atoms with Crippen molar-refractivity contribution < 1.29 is 9.90 Å². The van der Waals surface area contributed by atoms with E-state index in [-0.39, 0.29) is 23.5 Å². The predicted molar refractivity (Wildman–Crippen MR) is 143 cm³/mol. The van der Waals surface area contributed by atoms with Crippen molar-refractivity contribution in [3.05, 3.63) is 93.4 Å². The van der Waals surface area contributed by atoms with E-state index in [0.717, 1.165) is 21.7 Å². The first-order chi connectivity index (χ1) is 17.5. The van der Waals surface area contributed by atoms with Crippen LogP contribution in [0.4, 0.5) is 0 Å². The number of thioether (sulfide) groups is 1. The molecular weight excluding hydrogens is 492 g/mol. The number of aromatic nitrogens is 3. The molecule has 3 heterocycles. The highest BCUT2D eigenvalue weighted by atomic mass is 32.2. The van der Waals surface area contributed by atoms with Crippen molar-refractivity contribution in [1.82, 2.24) is 19.9 Å². The van der Waals surface area contributed by atoms with Crippen LogP contribution < -0.4 is 5.84 Å². The molecule has 0 spiro atoms. The number of carbonyl (C=O) groups excluding carboxylic acids is 1. The average molecular weight is 519 g/mol. The summed E-state index contributed by atoms with van der Waals surface area (Å²) in [7, 11) is 0. The largest absolute Gasteiger partial charge is 0.508 e. The lowest BCUT2D eigenvalue weighted by molar-refractivity contribution is -0.130. The van der Waals surface area contributed by atoms with Crippen molar-refractivity contribution in [3.8, 4) is 5.75 Å². The number of aromatic hydroxyl groups is 1. The van der Waals surface area contributed by atoms with Crippen molar-refractivity contribution in [2.45, 2.75) is 37.4 Å². The van der Waals surface area contributed by atoms with Crippen LogP contribution in [0.3, 0.4) is 0 Å². The fourth-order valence-electron chi connectivity index (χ4n) is 4.07. The molecular formula is C26H26N6O2S2. The Morgan fingerprint density at radius 2 is 1.89 bits per heavy atom. The Bertz CT molecular complexity index is 1360. The van der Waals surface area contributed by atoms with E-state index >= 15 is 0 Å². The molecule has 8 nitrogen and oxygen atoms in total. The molecule has 1 aliphatic heterocycles. The minimum absolute atomic E-state index is 0.106. The number of hydrazone groups is 1. The molecule has 3 N–H and O–H groups in total. The number of carbonyl (C=O) groups is 1. The highest BCUT2D eigenvalue weighted by Gasteiger charge is 2.33. The highest BCUT2D eigenvalue weighted by Crippen LogP contribution is 2.34. The average Bonchev–Trinajstić information content (AvgIpc) is 3.63. The molecule has 184 valence electrons. The minimum Gasteiger partial charge on any atom is -0.508 e. The molecule has 0 saturated heterocycles. The molecule has 2 aromatic carbocycles. The van der Waals surface area contributed by atoms with E-state index in [4.69, 9.17) is 10.9 Å². The normalized spacial score (nSPS) is 15.3. The molecule has 0 bridgehead atoms. The van der Waals surface area contributed by atoms with Gasteiger partial charge in [-0.15, -0.1) is 21.5 Å². The number of thiophene rings is 1. The first-order valence-corrected chi connectivity index (χ1v) is 13.4. The molecule has 2 aromatic heterocycles. The van der Waals surface area contributed by atoms with E-state index in [1.807, 2.05) is 36.6 Å². The van der Waals surface area contributed by atoms with E-state index in [2.05, 4.69) is 34.5 Å². The topological polar surface area (TPSA) is 110 Å². The molecule has 4 aromatic rings. The van der Waals surface area contributed by atoms with Gasteiger partial charge in [0.1, 0.15) is 5.75 Å². The number of phenolic OH excluding ortho intramolecular Hbond substituents is 1. The lowest BCUT2D eigenvalue weighted by Crippen LogP contribution is -2.29. The second-order valence-electron chi connectivity index (χ2n) is 8.62. The molecule has 0 fully saturated rings. The van der Waals surface area contributed by atoms with Crippen LogP contribution >= 0.6 is 23.1 Å². The first-order valence-electron chi connectivity index (χ1n) is 11.6. The fraction of sp³-hybridized carbons (Fsp3) is 0.231.